The summed E-state index contributed by atoms with van der Waals surface area (Å²) in [7, 11) is 1.09. The third-order valence-electron chi connectivity index (χ3n) is 1.86. The van der Waals surface area contributed by atoms with Crippen LogP contribution in [0.4, 0.5) is 4.39 Å². The fraction of sp³-hybridized carbons (Fsp3) is 0.273. The van der Waals surface area contributed by atoms with Crippen molar-refractivity contribution in [2.75, 3.05) is 13.7 Å². The van der Waals surface area contributed by atoms with Crippen molar-refractivity contribution in [2.24, 2.45) is 0 Å². The Labute approximate surface area is 92.0 Å². The Morgan fingerprint density at radius 2 is 2.06 bits per heavy atom. The van der Waals surface area contributed by atoms with E-state index in [1.165, 1.54) is 12.1 Å². The lowest BCUT2D eigenvalue weighted by Gasteiger charge is -2.05. The Balaban J connectivity index is 2.97. The van der Waals surface area contributed by atoms with Crippen molar-refractivity contribution in [1.29, 1.82) is 0 Å². The molecule has 0 radical (unpaired) electrons. The molecule has 1 aromatic rings. The molecular weight excluding hydrogens is 215 g/mol. The zero-order valence-corrected chi connectivity index (χ0v) is 8.95. The first-order valence-electron chi connectivity index (χ1n) is 4.65. The van der Waals surface area contributed by atoms with Crippen molar-refractivity contribution in [2.45, 2.75) is 6.92 Å². The van der Waals surface area contributed by atoms with Crippen LogP contribution in [0, 0.1) is 5.82 Å². The number of benzene rings is 1. The highest BCUT2D eigenvalue weighted by atomic mass is 19.1. The summed E-state index contributed by atoms with van der Waals surface area (Å²) in [5.74, 6) is -2.55. The summed E-state index contributed by atoms with van der Waals surface area (Å²) in [5, 5.41) is 0. The maximum Gasteiger partial charge on any atom is 0.379 e. The number of ketones is 1. The van der Waals surface area contributed by atoms with Gasteiger partial charge in [0.2, 0.25) is 0 Å². The van der Waals surface area contributed by atoms with E-state index in [2.05, 4.69) is 4.74 Å². The lowest BCUT2D eigenvalue weighted by atomic mass is 10.1. The number of Topliss-reactive ketones (excluding diaryl/α,β-unsaturated/α-hetero) is 1. The fourth-order valence-corrected chi connectivity index (χ4v) is 1.13. The molecule has 16 heavy (non-hydrogen) atoms. The predicted octanol–water partition coefficient (Wildman–Crippen LogP) is 1.58. The van der Waals surface area contributed by atoms with E-state index in [-0.39, 0.29) is 11.3 Å². The summed E-state index contributed by atoms with van der Waals surface area (Å²) in [5.41, 5.74) is -0.0622. The van der Waals surface area contributed by atoms with Crippen molar-refractivity contribution >= 4 is 11.8 Å². The van der Waals surface area contributed by atoms with Gasteiger partial charge in [0.25, 0.3) is 5.78 Å². The Bertz CT molecular complexity index is 414. The molecule has 0 N–H and O–H groups in total. The molecular formula is C11H11FO4. The third kappa shape index (κ3) is 2.56. The normalized spacial score (nSPS) is 9.69. The summed E-state index contributed by atoms with van der Waals surface area (Å²) in [6, 6.07) is 3.56. The maximum atomic E-state index is 13.3. The molecule has 0 aliphatic rings. The van der Waals surface area contributed by atoms with E-state index in [9.17, 15) is 14.0 Å². The van der Waals surface area contributed by atoms with Crippen LogP contribution in [0.1, 0.15) is 17.3 Å². The van der Waals surface area contributed by atoms with Crippen LogP contribution in [-0.2, 0) is 9.53 Å². The molecule has 0 fully saturated rings. The quantitative estimate of drug-likeness (QED) is 0.444. The van der Waals surface area contributed by atoms with Gasteiger partial charge in [-0.25, -0.2) is 9.18 Å². The van der Waals surface area contributed by atoms with Gasteiger partial charge < -0.3 is 9.47 Å². The van der Waals surface area contributed by atoms with Gasteiger partial charge >= 0.3 is 5.97 Å². The van der Waals surface area contributed by atoms with Crippen molar-refractivity contribution in [1.82, 2.24) is 0 Å². The molecule has 0 aromatic heterocycles. The molecule has 0 spiro atoms. The van der Waals surface area contributed by atoms with Crippen LogP contribution < -0.4 is 4.74 Å². The van der Waals surface area contributed by atoms with Crippen LogP contribution in [0.2, 0.25) is 0 Å². The zero-order chi connectivity index (χ0) is 12.1. The van der Waals surface area contributed by atoms with Gasteiger partial charge in [0.15, 0.2) is 11.6 Å². The van der Waals surface area contributed by atoms with Gasteiger partial charge in [-0.1, -0.05) is 0 Å². The van der Waals surface area contributed by atoms with Crippen LogP contribution in [-0.4, -0.2) is 25.5 Å². The highest BCUT2D eigenvalue weighted by molar-refractivity contribution is 6.40. The van der Waals surface area contributed by atoms with E-state index in [1.807, 2.05) is 0 Å². The largest absolute Gasteiger partial charge is 0.491 e. The van der Waals surface area contributed by atoms with E-state index in [4.69, 9.17) is 4.74 Å². The van der Waals surface area contributed by atoms with Gasteiger partial charge in [0.1, 0.15) is 0 Å². The second-order valence-electron chi connectivity index (χ2n) is 2.90. The number of carbonyl (C=O) groups is 2. The standard InChI is InChI=1S/C11H11FO4/c1-3-16-9-5-4-7(6-8(9)12)10(13)11(14)15-2/h4-6H,3H2,1-2H3. The molecule has 0 amide bonds. The maximum absolute atomic E-state index is 13.3. The molecule has 5 heteroatoms. The minimum atomic E-state index is -1.02. The second-order valence-corrected chi connectivity index (χ2v) is 2.90. The lowest BCUT2D eigenvalue weighted by molar-refractivity contribution is -0.135. The molecule has 1 rings (SSSR count). The fourth-order valence-electron chi connectivity index (χ4n) is 1.13. The molecule has 0 heterocycles. The van der Waals surface area contributed by atoms with Gasteiger partial charge in [-0.05, 0) is 25.1 Å². The number of hydrogen-bond acceptors (Lipinski definition) is 4. The highest BCUT2D eigenvalue weighted by Gasteiger charge is 2.18. The second kappa shape index (κ2) is 5.25. The van der Waals surface area contributed by atoms with Gasteiger partial charge in [-0.15, -0.1) is 0 Å². The topological polar surface area (TPSA) is 52.6 Å². The number of halogens is 1. The van der Waals surface area contributed by atoms with E-state index in [0.717, 1.165) is 13.2 Å². The number of rotatable bonds is 4. The smallest absolute Gasteiger partial charge is 0.379 e. The van der Waals surface area contributed by atoms with Crippen molar-refractivity contribution in [3.8, 4) is 5.75 Å². The molecule has 0 aliphatic carbocycles. The number of hydrogen-bond donors (Lipinski definition) is 0. The van der Waals surface area contributed by atoms with E-state index < -0.39 is 17.6 Å². The Morgan fingerprint density at radius 1 is 1.38 bits per heavy atom. The number of esters is 1. The summed E-state index contributed by atoms with van der Waals surface area (Å²) in [4.78, 5) is 22.2. The first-order chi connectivity index (χ1) is 7.60. The van der Waals surface area contributed by atoms with E-state index in [0.29, 0.717) is 6.61 Å². The number of ether oxygens (including phenoxy) is 2. The Kier molecular flexibility index (Phi) is 3.99. The van der Waals surface area contributed by atoms with E-state index in [1.54, 1.807) is 6.92 Å². The average molecular weight is 226 g/mol. The van der Waals surface area contributed by atoms with Gasteiger partial charge in [0.05, 0.1) is 13.7 Å². The third-order valence-corrected chi connectivity index (χ3v) is 1.86. The van der Waals surface area contributed by atoms with Crippen LogP contribution in [0.3, 0.4) is 0 Å². The first kappa shape index (κ1) is 12.2. The van der Waals surface area contributed by atoms with Gasteiger partial charge in [-0.3, -0.25) is 4.79 Å². The van der Waals surface area contributed by atoms with Crippen LogP contribution >= 0.6 is 0 Å². The van der Waals surface area contributed by atoms with Crippen molar-refractivity contribution in [3.05, 3.63) is 29.6 Å². The molecule has 0 unspecified atom stereocenters. The van der Waals surface area contributed by atoms with E-state index >= 15 is 0 Å². The summed E-state index contributed by atoms with van der Waals surface area (Å²) < 4.78 is 22.5. The summed E-state index contributed by atoms with van der Waals surface area (Å²) in [6.45, 7) is 2.04. The Hall–Kier alpha value is -1.91. The SMILES string of the molecule is CCOc1ccc(C(=O)C(=O)OC)cc1F. The molecule has 1 aromatic carbocycles. The number of carbonyl (C=O) groups excluding carboxylic acids is 2. The van der Waals surface area contributed by atoms with Crippen molar-refractivity contribution in [3.63, 3.8) is 0 Å². The van der Waals surface area contributed by atoms with Crippen molar-refractivity contribution < 1.29 is 23.5 Å². The molecule has 86 valence electrons. The van der Waals surface area contributed by atoms with Crippen LogP contribution in [0.25, 0.3) is 0 Å². The monoisotopic (exact) mass is 226 g/mol. The predicted molar refractivity (Wildman–Crippen MR) is 53.9 cm³/mol. The molecule has 0 saturated heterocycles. The minimum absolute atomic E-state index is 0.0453. The zero-order valence-electron chi connectivity index (χ0n) is 8.95. The molecule has 0 saturated carbocycles. The summed E-state index contributed by atoms with van der Waals surface area (Å²) in [6.07, 6.45) is 0. The average Bonchev–Trinajstić information content (AvgIpc) is 2.30. The van der Waals surface area contributed by atoms with Gasteiger partial charge in [-0.2, -0.15) is 0 Å². The molecule has 0 aliphatic heterocycles. The minimum Gasteiger partial charge on any atom is -0.491 e. The molecule has 0 atom stereocenters. The van der Waals surface area contributed by atoms with Crippen LogP contribution in [0.15, 0.2) is 18.2 Å². The highest BCUT2D eigenvalue weighted by Crippen LogP contribution is 2.18. The lowest BCUT2D eigenvalue weighted by Crippen LogP contribution is -2.15. The van der Waals surface area contributed by atoms with Crippen LogP contribution in [0.5, 0.6) is 5.75 Å². The molecule has 0 bridgehead atoms. The molecule has 4 nitrogen and oxygen atoms in total. The summed E-state index contributed by atoms with van der Waals surface area (Å²) >= 11 is 0. The van der Waals surface area contributed by atoms with Gasteiger partial charge in [0, 0.05) is 5.56 Å². The Morgan fingerprint density at radius 3 is 2.56 bits per heavy atom. The number of methoxy groups -OCH3 is 1. The first-order valence-corrected chi connectivity index (χ1v) is 4.65.